The lowest BCUT2D eigenvalue weighted by atomic mass is 10.9. The number of phosphoric acid groups is 1. The average Bonchev–Trinajstić information content (AvgIpc) is 1.91. The fourth-order valence-corrected chi connectivity index (χ4v) is 1.09. The van der Waals surface area contributed by atoms with Crippen LogP contribution in [0.25, 0.3) is 0 Å². The number of alkyl halides is 1. The molecule has 0 aromatic carbocycles. The SMILES string of the molecule is CCOP(=O)(O)OCC.CCl. The lowest BCUT2D eigenvalue weighted by Crippen LogP contribution is -1.93. The Kier molecular flexibility index (Phi) is 10.8. The van der Waals surface area contributed by atoms with E-state index in [9.17, 15) is 4.57 Å². The Morgan fingerprint density at radius 3 is 1.73 bits per heavy atom. The van der Waals surface area contributed by atoms with Crippen molar-refractivity contribution in [2.24, 2.45) is 0 Å². The predicted octanol–water partition coefficient (Wildman–Crippen LogP) is 2.01. The molecule has 0 saturated heterocycles. The second-order valence-electron chi connectivity index (χ2n) is 1.30. The number of halogens is 1. The van der Waals surface area contributed by atoms with Crippen molar-refractivity contribution < 1.29 is 18.5 Å². The first kappa shape index (κ1) is 14.0. The zero-order chi connectivity index (χ0) is 9.33. The maximum atomic E-state index is 10.5. The zero-order valence-electron chi connectivity index (χ0n) is 6.91. The highest BCUT2D eigenvalue weighted by Crippen LogP contribution is 2.42. The number of hydrogen-bond donors (Lipinski definition) is 1. The Labute approximate surface area is 72.1 Å². The molecular formula is C5H14ClO4P. The number of hydrogen-bond acceptors (Lipinski definition) is 3. The van der Waals surface area contributed by atoms with E-state index < -0.39 is 7.82 Å². The van der Waals surface area contributed by atoms with Crippen LogP contribution < -0.4 is 0 Å². The average molecular weight is 205 g/mol. The maximum absolute atomic E-state index is 10.5. The smallest absolute Gasteiger partial charge is 0.302 e. The molecule has 0 saturated carbocycles. The third kappa shape index (κ3) is 10.4. The molecule has 11 heavy (non-hydrogen) atoms. The third-order valence-electron chi connectivity index (χ3n) is 0.584. The van der Waals surface area contributed by atoms with Gasteiger partial charge in [0.25, 0.3) is 0 Å². The summed E-state index contributed by atoms with van der Waals surface area (Å²) in [7, 11) is -3.69. The van der Waals surface area contributed by atoms with Crippen molar-refractivity contribution in [1.29, 1.82) is 0 Å². The summed E-state index contributed by atoms with van der Waals surface area (Å²) < 4.78 is 19.2. The van der Waals surface area contributed by atoms with E-state index >= 15 is 0 Å². The highest BCUT2D eigenvalue weighted by Gasteiger charge is 2.17. The van der Waals surface area contributed by atoms with Crippen molar-refractivity contribution in [1.82, 2.24) is 0 Å². The van der Waals surface area contributed by atoms with E-state index in [0.717, 1.165) is 0 Å². The van der Waals surface area contributed by atoms with E-state index in [-0.39, 0.29) is 13.2 Å². The number of phosphoric ester groups is 1. The van der Waals surface area contributed by atoms with Crippen LogP contribution in [0, 0.1) is 0 Å². The molecule has 0 aliphatic heterocycles. The summed E-state index contributed by atoms with van der Waals surface area (Å²) in [6, 6.07) is 0. The topological polar surface area (TPSA) is 55.8 Å². The molecule has 0 fully saturated rings. The molecule has 6 heteroatoms. The van der Waals surface area contributed by atoms with Gasteiger partial charge in [0, 0.05) is 6.38 Å². The van der Waals surface area contributed by atoms with Crippen LogP contribution >= 0.6 is 19.4 Å². The first-order valence-corrected chi connectivity index (χ1v) is 5.37. The summed E-state index contributed by atoms with van der Waals surface area (Å²) in [5, 5.41) is 0. The van der Waals surface area contributed by atoms with Gasteiger partial charge in [0.05, 0.1) is 13.2 Å². The van der Waals surface area contributed by atoms with Crippen LogP contribution in [-0.4, -0.2) is 24.5 Å². The molecule has 1 N–H and O–H groups in total. The normalized spacial score (nSPS) is 10.3. The standard InChI is InChI=1S/C4H11O4P.CH3Cl/c1-3-7-9(5,6)8-4-2;1-2/h3-4H2,1-2H3,(H,5,6);1H3. The van der Waals surface area contributed by atoms with E-state index in [2.05, 4.69) is 20.6 Å². The molecule has 0 aromatic rings. The molecule has 0 aliphatic rings. The van der Waals surface area contributed by atoms with Crippen LogP contribution in [0.15, 0.2) is 0 Å². The van der Waals surface area contributed by atoms with Gasteiger partial charge in [-0.3, -0.25) is 9.05 Å². The Bertz CT molecular complexity index is 109. The van der Waals surface area contributed by atoms with E-state index in [4.69, 9.17) is 4.89 Å². The molecule has 0 unspecified atom stereocenters. The zero-order valence-corrected chi connectivity index (χ0v) is 8.56. The van der Waals surface area contributed by atoms with Gasteiger partial charge in [-0.2, -0.15) is 0 Å². The van der Waals surface area contributed by atoms with Gasteiger partial charge >= 0.3 is 7.82 Å². The van der Waals surface area contributed by atoms with E-state index in [1.54, 1.807) is 13.8 Å². The summed E-state index contributed by atoms with van der Waals surface area (Å²) in [5.41, 5.74) is 0. The molecule has 0 aliphatic carbocycles. The summed E-state index contributed by atoms with van der Waals surface area (Å²) in [6.45, 7) is 3.63. The fourth-order valence-electron chi connectivity index (χ4n) is 0.364. The Morgan fingerprint density at radius 2 is 1.55 bits per heavy atom. The van der Waals surface area contributed by atoms with Crippen molar-refractivity contribution in [3.05, 3.63) is 0 Å². The third-order valence-corrected chi connectivity index (χ3v) is 1.75. The van der Waals surface area contributed by atoms with E-state index in [1.165, 1.54) is 6.38 Å². The van der Waals surface area contributed by atoms with E-state index in [1.807, 2.05) is 0 Å². The predicted molar refractivity (Wildman–Crippen MR) is 44.9 cm³/mol. The quantitative estimate of drug-likeness (QED) is 0.562. The molecular weight excluding hydrogens is 190 g/mol. The van der Waals surface area contributed by atoms with Crippen LogP contribution in [-0.2, 0) is 13.6 Å². The minimum atomic E-state index is -3.69. The van der Waals surface area contributed by atoms with Crippen LogP contribution in [0.3, 0.4) is 0 Å². The second-order valence-corrected chi connectivity index (χ2v) is 2.76. The van der Waals surface area contributed by atoms with Crippen LogP contribution in [0.1, 0.15) is 13.8 Å². The Balaban J connectivity index is 0. The number of rotatable bonds is 4. The highest BCUT2D eigenvalue weighted by molar-refractivity contribution is 7.47. The van der Waals surface area contributed by atoms with Crippen molar-refractivity contribution in [3.63, 3.8) is 0 Å². The van der Waals surface area contributed by atoms with Crippen LogP contribution in [0.5, 0.6) is 0 Å². The molecule has 4 nitrogen and oxygen atoms in total. The fraction of sp³-hybridized carbons (Fsp3) is 1.00. The lowest BCUT2D eigenvalue weighted by Gasteiger charge is -2.07. The van der Waals surface area contributed by atoms with Gasteiger partial charge in [-0.15, -0.1) is 11.6 Å². The van der Waals surface area contributed by atoms with Gasteiger partial charge in [-0.1, -0.05) is 0 Å². The van der Waals surface area contributed by atoms with Crippen LogP contribution in [0.4, 0.5) is 0 Å². The van der Waals surface area contributed by atoms with Gasteiger partial charge in [0.1, 0.15) is 0 Å². The first-order valence-electron chi connectivity index (χ1n) is 3.12. The largest absolute Gasteiger partial charge is 0.472 e. The van der Waals surface area contributed by atoms with Gasteiger partial charge in [-0.05, 0) is 13.8 Å². The molecule has 0 radical (unpaired) electrons. The molecule has 0 amide bonds. The highest BCUT2D eigenvalue weighted by atomic mass is 35.5. The monoisotopic (exact) mass is 204 g/mol. The summed E-state index contributed by atoms with van der Waals surface area (Å²) >= 11 is 4.64. The Morgan fingerprint density at radius 1 is 1.27 bits per heavy atom. The van der Waals surface area contributed by atoms with Gasteiger partial charge in [0.2, 0.25) is 0 Å². The van der Waals surface area contributed by atoms with Crippen molar-refractivity contribution in [3.8, 4) is 0 Å². The molecule has 70 valence electrons. The summed E-state index contributed by atoms with van der Waals surface area (Å²) in [5.74, 6) is 0. The molecule has 0 spiro atoms. The van der Waals surface area contributed by atoms with Crippen molar-refractivity contribution >= 4 is 19.4 Å². The van der Waals surface area contributed by atoms with Crippen LogP contribution in [0.2, 0.25) is 0 Å². The molecule has 0 rings (SSSR count). The molecule has 0 aromatic heterocycles. The lowest BCUT2D eigenvalue weighted by molar-refractivity contribution is 0.161. The molecule has 0 bridgehead atoms. The van der Waals surface area contributed by atoms with Crippen molar-refractivity contribution in [2.75, 3.05) is 19.6 Å². The maximum Gasteiger partial charge on any atom is 0.472 e. The van der Waals surface area contributed by atoms with Crippen molar-refractivity contribution in [2.45, 2.75) is 13.8 Å². The first-order chi connectivity index (χ1) is 5.12. The minimum absolute atomic E-state index is 0.188. The van der Waals surface area contributed by atoms with Gasteiger partial charge < -0.3 is 4.89 Å². The molecule has 0 heterocycles. The second kappa shape index (κ2) is 8.50. The summed E-state index contributed by atoms with van der Waals surface area (Å²) in [4.78, 5) is 8.63. The molecule has 0 atom stereocenters. The summed E-state index contributed by atoms with van der Waals surface area (Å²) in [6.07, 6.45) is 1.47. The van der Waals surface area contributed by atoms with Gasteiger partial charge in [-0.25, -0.2) is 4.57 Å². The van der Waals surface area contributed by atoms with E-state index in [0.29, 0.717) is 0 Å². The minimum Gasteiger partial charge on any atom is -0.302 e. The van der Waals surface area contributed by atoms with Gasteiger partial charge in [0.15, 0.2) is 0 Å². The Hall–Kier alpha value is 0.400.